The Morgan fingerprint density at radius 1 is 1.20 bits per heavy atom. The monoisotopic (exact) mass is 275 g/mol. The predicted molar refractivity (Wildman–Crippen MR) is 83.4 cm³/mol. The topological polar surface area (TPSA) is 34.4 Å². The van der Waals surface area contributed by atoms with Crippen LogP contribution in [-0.4, -0.2) is 13.7 Å². The molecule has 0 aliphatic carbocycles. The summed E-state index contributed by atoms with van der Waals surface area (Å²) in [5, 5.41) is 4.63. The van der Waals surface area contributed by atoms with Crippen LogP contribution in [-0.2, 0) is 6.54 Å². The Kier molecular flexibility index (Phi) is 4.71. The van der Waals surface area contributed by atoms with Gasteiger partial charge >= 0.3 is 0 Å². The number of hydrogen-bond donors (Lipinski definition) is 1. The highest BCUT2D eigenvalue weighted by atomic mass is 16.5. The quantitative estimate of drug-likeness (QED) is 0.853. The molecule has 0 saturated heterocycles. The van der Waals surface area contributed by atoms with E-state index in [0.29, 0.717) is 11.8 Å². The van der Waals surface area contributed by atoms with E-state index in [4.69, 9.17) is 9.15 Å². The average molecular weight is 275 g/mol. The predicted octanol–water partition coefficient (Wildman–Crippen LogP) is 4.31. The van der Waals surface area contributed by atoms with Crippen LogP contribution < -0.4 is 10.1 Å². The summed E-state index contributed by atoms with van der Waals surface area (Å²) in [7, 11) is 1.68. The fourth-order valence-electron chi connectivity index (χ4n) is 2.56. The molecule has 0 aliphatic rings. The SMILES string of the molecule is COc1cccc2c(C(C)C)c(CNCC(C)C)oc12. The first-order chi connectivity index (χ1) is 9.54. The van der Waals surface area contributed by atoms with E-state index in [0.717, 1.165) is 30.2 Å². The Morgan fingerprint density at radius 2 is 1.95 bits per heavy atom. The Morgan fingerprint density at radius 3 is 2.55 bits per heavy atom. The Bertz CT molecular complexity index is 570. The van der Waals surface area contributed by atoms with E-state index < -0.39 is 0 Å². The highest BCUT2D eigenvalue weighted by molar-refractivity contribution is 5.87. The van der Waals surface area contributed by atoms with Crippen LogP contribution in [0.25, 0.3) is 11.0 Å². The van der Waals surface area contributed by atoms with Crippen LogP contribution in [0.4, 0.5) is 0 Å². The first kappa shape index (κ1) is 14.9. The van der Waals surface area contributed by atoms with E-state index in [1.54, 1.807) is 7.11 Å². The number of para-hydroxylation sites is 1. The van der Waals surface area contributed by atoms with Gasteiger partial charge in [-0.05, 0) is 24.4 Å². The third-order valence-corrected chi connectivity index (χ3v) is 3.43. The van der Waals surface area contributed by atoms with Crippen LogP contribution in [0.15, 0.2) is 22.6 Å². The molecule has 3 nitrogen and oxygen atoms in total. The van der Waals surface area contributed by atoms with Crippen molar-refractivity contribution in [3.8, 4) is 5.75 Å². The van der Waals surface area contributed by atoms with Gasteiger partial charge in [-0.3, -0.25) is 0 Å². The average Bonchev–Trinajstić information content (AvgIpc) is 2.76. The summed E-state index contributed by atoms with van der Waals surface area (Å²) in [6, 6.07) is 6.08. The highest BCUT2D eigenvalue weighted by Gasteiger charge is 2.19. The summed E-state index contributed by atoms with van der Waals surface area (Å²) in [5.41, 5.74) is 2.15. The summed E-state index contributed by atoms with van der Waals surface area (Å²) in [4.78, 5) is 0. The van der Waals surface area contributed by atoms with Gasteiger partial charge < -0.3 is 14.5 Å². The molecule has 1 aromatic heterocycles. The van der Waals surface area contributed by atoms with E-state index in [2.05, 4.69) is 39.1 Å². The molecule has 0 spiro atoms. The summed E-state index contributed by atoms with van der Waals surface area (Å²) in [6.45, 7) is 10.6. The molecule has 1 N–H and O–H groups in total. The lowest BCUT2D eigenvalue weighted by Gasteiger charge is -2.09. The molecule has 0 bridgehead atoms. The maximum Gasteiger partial charge on any atom is 0.176 e. The number of rotatable bonds is 6. The van der Waals surface area contributed by atoms with Gasteiger partial charge in [-0.15, -0.1) is 0 Å². The van der Waals surface area contributed by atoms with Crippen molar-refractivity contribution in [1.29, 1.82) is 0 Å². The first-order valence-corrected chi connectivity index (χ1v) is 7.33. The summed E-state index contributed by atoms with van der Waals surface area (Å²) in [6.07, 6.45) is 0. The Labute approximate surface area is 121 Å². The lowest BCUT2D eigenvalue weighted by molar-refractivity contribution is 0.404. The van der Waals surface area contributed by atoms with Gasteiger partial charge in [-0.2, -0.15) is 0 Å². The largest absolute Gasteiger partial charge is 0.493 e. The van der Waals surface area contributed by atoms with Crippen LogP contribution in [0.5, 0.6) is 5.75 Å². The summed E-state index contributed by atoms with van der Waals surface area (Å²) < 4.78 is 11.5. The first-order valence-electron chi connectivity index (χ1n) is 7.33. The van der Waals surface area contributed by atoms with Gasteiger partial charge in [-0.1, -0.05) is 39.8 Å². The van der Waals surface area contributed by atoms with Crippen LogP contribution >= 0.6 is 0 Å². The van der Waals surface area contributed by atoms with Crippen molar-refractivity contribution in [1.82, 2.24) is 5.32 Å². The second kappa shape index (κ2) is 6.31. The zero-order valence-corrected chi connectivity index (χ0v) is 13.1. The second-order valence-electron chi connectivity index (χ2n) is 5.96. The molecule has 20 heavy (non-hydrogen) atoms. The minimum atomic E-state index is 0.430. The van der Waals surface area contributed by atoms with Crippen molar-refractivity contribution in [2.45, 2.75) is 40.2 Å². The maximum atomic E-state index is 6.08. The summed E-state index contributed by atoms with van der Waals surface area (Å²) in [5.74, 6) is 2.90. The fraction of sp³-hybridized carbons (Fsp3) is 0.529. The third kappa shape index (κ3) is 2.98. The molecule has 3 heteroatoms. The second-order valence-corrected chi connectivity index (χ2v) is 5.96. The Hall–Kier alpha value is -1.48. The maximum absolute atomic E-state index is 6.08. The normalized spacial score (nSPS) is 11.8. The number of benzene rings is 1. The van der Waals surface area contributed by atoms with Crippen molar-refractivity contribution in [2.24, 2.45) is 5.92 Å². The molecule has 0 fully saturated rings. The van der Waals surface area contributed by atoms with E-state index in [1.165, 1.54) is 10.9 Å². The molecular weight excluding hydrogens is 250 g/mol. The molecule has 0 radical (unpaired) electrons. The van der Waals surface area contributed by atoms with E-state index in [-0.39, 0.29) is 0 Å². The molecule has 0 atom stereocenters. The van der Waals surface area contributed by atoms with Gasteiger partial charge in [0.05, 0.1) is 13.7 Å². The van der Waals surface area contributed by atoms with Crippen LogP contribution in [0.2, 0.25) is 0 Å². The molecule has 2 aromatic rings. The minimum Gasteiger partial charge on any atom is -0.493 e. The molecule has 1 heterocycles. The van der Waals surface area contributed by atoms with E-state index in [9.17, 15) is 0 Å². The van der Waals surface area contributed by atoms with Gasteiger partial charge in [0.25, 0.3) is 0 Å². The van der Waals surface area contributed by atoms with Gasteiger partial charge in [0.2, 0.25) is 0 Å². The number of furan rings is 1. The molecule has 2 rings (SSSR count). The van der Waals surface area contributed by atoms with Gasteiger partial charge in [0.15, 0.2) is 11.3 Å². The van der Waals surface area contributed by atoms with Crippen LogP contribution in [0, 0.1) is 5.92 Å². The van der Waals surface area contributed by atoms with E-state index in [1.807, 2.05) is 12.1 Å². The lowest BCUT2D eigenvalue weighted by Crippen LogP contribution is -2.19. The van der Waals surface area contributed by atoms with Crippen molar-refractivity contribution < 1.29 is 9.15 Å². The van der Waals surface area contributed by atoms with Crippen molar-refractivity contribution in [3.63, 3.8) is 0 Å². The lowest BCUT2D eigenvalue weighted by atomic mass is 9.99. The van der Waals surface area contributed by atoms with Crippen molar-refractivity contribution in [3.05, 3.63) is 29.5 Å². The zero-order chi connectivity index (χ0) is 14.7. The number of fused-ring (bicyclic) bond motifs is 1. The van der Waals surface area contributed by atoms with Crippen LogP contribution in [0.1, 0.15) is 44.9 Å². The molecule has 0 aliphatic heterocycles. The number of ether oxygens (including phenoxy) is 1. The molecule has 0 saturated carbocycles. The summed E-state index contributed by atoms with van der Waals surface area (Å²) >= 11 is 0. The van der Waals surface area contributed by atoms with Crippen molar-refractivity contribution >= 4 is 11.0 Å². The van der Waals surface area contributed by atoms with Crippen molar-refractivity contribution in [2.75, 3.05) is 13.7 Å². The molecule has 0 unspecified atom stereocenters. The highest BCUT2D eigenvalue weighted by Crippen LogP contribution is 2.36. The van der Waals surface area contributed by atoms with Gasteiger partial charge in [-0.25, -0.2) is 0 Å². The third-order valence-electron chi connectivity index (χ3n) is 3.43. The number of hydrogen-bond acceptors (Lipinski definition) is 3. The molecule has 110 valence electrons. The van der Waals surface area contributed by atoms with E-state index >= 15 is 0 Å². The van der Waals surface area contributed by atoms with Gasteiger partial charge in [0.1, 0.15) is 5.76 Å². The zero-order valence-electron chi connectivity index (χ0n) is 13.1. The molecular formula is C17H25NO2. The minimum absolute atomic E-state index is 0.430. The smallest absolute Gasteiger partial charge is 0.176 e. The molecule has 1 aromatic carbocycles. The Balaban J connectivity index is 2.39. The fourth-order valence-corrected chi connectivity index (χ4v) is 2.56. The van der Waals surface area contributed by atoms with Crippen LogP contribution in [0.3, 0.4) is 0 Å². The van der Waals surface area contributed by atoms with Gasteiger partial charge in [0, 0.05) is 10.9 Å². The number of methoxy groups -OCH3 is 1. The molecule has 0 amide bonds. The number of nitrogens with one attached hydrogen (secondary N) is 1. The standard InChI is InChI=1S/C17H25NO2/c1-11(2)9-18-10-15-16(12(3)4)13-7-6-8-14(19-5)17(13)20-15/h6-8,11-12,18H,9-10H2,1-5H3.